The van der Waals surface area contributed by atoms with Gasteiger partial charge in [-0.15, -0.1) is 11.3 Å². The molecule has 17 heavy (non-hydrogen) atoms. The number of nitrogens with zero attached hydrogens (tertiary/aromatic N) is 1. The van der Waals surface area contributed by atoms with E-state index < -0.39 is 0 Å². The van der Waals surface area contributed by atoms with E-state index in [0.29, 0.717) is 0 Å². The average molecular weight is 256 g/mol. The summed E-state index contributed by atoms with van der Waals surface area (Å²) in [6.07, 6.45) is 0. The van der Waals surface area contributed by atoms with Crippen molar-refractivity contribution in [3.05, 3.63) is 16.3 Å². The van der Waals surface area contributed by atoms with Gasteiger partial charge in [0.15, 0.2) is 0 Å². The summed E-state index contributed by atoms with van der Waals surface area (Å²) in [5.74, 6) is 1.69. The third-order valence-corrected chi connectivity index (χ3v) is 3.41. The van der Waals surface area contributed by atoms with E-state index in [9.17, 15) is 0 Å². The molecule has 0 unspecified atom stereocenters. The van der Waals surface area contributed by atoms with Gasteiger partial charge in [0, 0.05) is 29.9 Å². The number of hydrogen-bond donors (Lipinski definition) is 1. The Hall–Kier alpha value is -0.580. The molecule has 0 aliphatic carbocycles. The molecule has 1 heterocycles. The molecular weight excluding hydrogens is 232 g/mol. The molecule has 0 amide bonds. The van der Waals surface area contributed by atoms with Crippen molar-refractivity contribution in [3.63, 3.8) is 0 Å². The lowest BCUT2D eigenvalue weighted by Gasteiger charge is -2.16. The van der Waals surface area contributed by atoms with Gasteiger partial charge in [-0.2, -0.15) is 0 Å². The van der Waals surface area contributed by atoms with E-state index in [1.165, 1.54) is 4.88 Å². The van der Waals surface area contributed by atoms with Crippen molar-refractivity contribution in [1.82, 2.24) is 10.2 Å². The third kappa shape index (κ3) is 6.05. The molecule has 0 aliphatic heterocycles. The molecular formula is C13H24N2OS. The van der Waals surface area contributed by atoms with E-state index >= 15 is 0 Å². The Morgan fingerprint density at radius 3 is 2.82 bits per heavy atom. The Morgan fingerprint density at radius 2 is 2.24 bits per heavy atom. The highest BCUT2D eigenvalue weighted by molar-refractivity contribution is 7.10. The average Bonchev–Trinajstić information content (AvgIpc) is 2.72. The van der Waals surface area contributed by atoms with Crippen molar-refractivity contribution < 1.29 is 4.74 Å². The van der Waals surface area contributed by atoms with Crippen molar-refractivity contribution in [2.75, 3.05) is 33.8 Å². The Balaban J connectivity index is 2.18. The summed E-state index contributed by atoms with van der Waals surface area (Å²) in [6, 6.07) is 2.11. The van der Waals surface area contributed by atoms with Crippen molar-refractivity contribution in [2.45, 2.75) is 20.4 Å². The molecule has 0 aliphatic rings. The van der Waals surface area contributed by atoms with E-state index in [2.05, 4.69) is 42.6 Å². The van der Waals surface area contributed by atoms with Gasteiger partial charge in [-0.1, -0.05) is 13.8 Å². The molecule has 0 radical (unpaired) electrons. The highest BCUT2D eigenvalue weighted by Gasteiger charge is 2.04. The largest absolute Gasteiger partial charge is 0.496 e. The maximum Gasteiger partial charge on any atom is 0.129 e. The minimum atomic E-state index is 0.724. The zero-order chi connectivity index (χ0) is 12.7. The first-order valence-corrected chi connectivity index (χ1v) is 7.00. The van der Waals surface area contributed by atoms with E-state index in [4.69, 9.17) is 4.74 Å². The van der Waals surface area contributed by atoms with E-state index in [-0.39, 0.29) is 0 Å². The van der Waals surface area contributed by atoms with Crippen LogP contribution in [0.15, 0.2) is 11.4 Å². The molecule has 0 fully saturated rings. The van der Waals surface area contributed by atoms with Crippen LogP contribution in [0.2, 0.25) is 0 Å². The number of likely N-dealkylation sites (N-methyl/N-ethyl adjacent to an activating group) is 1. The van der Waals surface area contributed by atoms with Gasteiger partial charge >= 0.3 is 0 Å². The maximum absolute atomic E-state index is 5.18. The van der Waals surface area contributed by atoms with Crippen molar-refractivity contribution in [3.8, 4) is 5.75 Å². The summed E-state index contributed by atoms with van der Waals surface area (Å²) >= 11 is 1.76. The summed E-state index contributed by atoms with van der Waals surface area (Å²) in [4.78, 5) is 3.69. The molecule has 3 nitrogen and oxygen atoms in total. The summed E-state index contributed by atoms with van der Waals surface area (Å²) in [6.45, 7) is 8.69. The molecule has 0 spiro atoms. The van der Waals surface area contributed by atoms with Crippen LogP contribution in [0.5, 0.6) is 5.75 Å². The predicted octanol–water partition coefficient (Wildman–Crippen LogP) is 2.43. The van der Waals surface area contributed by atoms with Gasteiger partial charge in [0.1, 0.15) is 5.75 Å². The quantitative estimate of drug-likeness (QED) is 0.723. The van der Waals surface area contributed by atoms with Crippen LogP contribution < -0.4 is 10.1 Å². The zero-order valence-corrected chi connectivity index (χ0v) is 12.1. The summed E-state index contributed by atoms with van der Waals surface area (Å²) < 4.78 is 5.18. The number of ether oxygens (including phenoxy) is 1. The van der Waals surface area contributed by atoms with Gasteiger partial charge < -0.3 is 15.0 Å². The van der Waals surface area contributed by atoms with Gasteiger partial charge in [0.2, 0.25) is 0 Å². The first-order valence-electron chi connectivity index (χ1n) is 6.12. The topological polar surface area (TPSA) is 24.5 Å². The number of rotatable bonds is 8. The summed E-state index contributed by atoms with van der Waals surface area (Å²) in [5.41, 5.74) is 0. The number of thiophene rings is 1. The smallest absolute Gasteiger partial charge is 0.129 e. The molecule has 1 rings (SSSR count). The van der Waals surface area contributed by atoms with E-state index in [1.807, 2.05) is 0 Å². The van der Waals surface area contributed by atoms with Gasteiger partial charge in [-0.25, -0.2) is 0 Å². The zero-order valence-electron chi connectivity index (χ0n) is 11.3. The molecule has 0 bridgehead atoms. The predicted molar refractivity (Wildman–Crippen MR) is 74.9 cm³/mol. The standard InChI is InChI=1S/C13H24N2OS/c1-11(2)8-14-5-6-15(3)9-13-7-12(16-4)10-17-13/h7,10-11,14H,5-6,8-9H2,1-4H3. The second kappa shape index (κ2) is 7.69. The fourth-order valence-corrected chi connectivity index (χ4v) is 2.47. The molecule has 0 aromatic carbocycles. The Morgan fingerprint density at radius 1 is 1.47 bits per heavy atom. The van der Waals surface area contributed by atoms with Crippen LogP contribution in [0, 0.1) is 5.92 Å². The molecule has 1 aromatic heterocycles. The monoisotopic (exact) mass is 256 g/mol. The molecule has 0 atom stereocenters. The third-order valence-electron chi connectivity index (χ3n) is 2.51. The van der Waals surface area contributed by atoms with Crippen LogP contribution in [-0.4, -0.2) is 38.7 Å². The molecule has 0 saturated carbocycles. The lowest BCUT2D eigenvalue weighted by Crippen LogP contribution is -2.30. The van der Waals surface area contributed by atoms with Crippen LogP contribution in [0.1, 0.15) is 18.7 Å². The SMILES string of the molecule is COc1csc(CN(C)CCNCC(C)C)c1. The van der Waals surface area contributed by atoms with Crippen LogP contribution >= 0.6 is 11.3 Å². The van der Waals surface area contributed by atoms with Gasteiger partial charge in [-0.05, 0) is 25.6 Å². The van der Waals surface area contributed by atoms with Crippen LogP contribution in [0.4, 0.5) is 0 Å². The minimum Gasteiger partial charge on any atom is -0.496 e. The number of methoxy groups -OCH3 is 1. The Kier molecular flexibility index (Phi) is 6.55. The van der Waals surface area contributed by atoms with Crippen molar-refractivity contribution >= 4 is 11.3 Å². The van der Waals surface area contributed by atoms with Gasteiger partial charge in [-0.3, -0.25) is 0 Å². The maximum atomic E-state index is 5.18. The van der Waals surface area contributed by atoms with E-state index in [1.54, 1.807) is 18.4 Å². The lowest BCUT2D eigenvalue weighted by molar-refractivity contribution is 0.324. The van der Waals surface area contributed by atoms with Crippen molar-refractivity contribution in [1.29, 1.82) is 0 Å². The Labute approximate surface area is 109 Å². The fraction of sp³-hybridized carbons (Fsp3) is 0.692. The lowest BCUT2D eigenvalue weighted by atomic mass is 10.2. The molecule has 1 N–H and O–H groups in total. The second-order valence-electron chi connectivity index (χ2n) is 4.79. The number of hydrogen-bond acceptors (Lipinski definition) is 4. The molecule has 4 heteroatoms. The highest BCUT2D eigenvalue weighted by Crippen LogP contribution is 2.21. The van der Waals surface area contributed by atoms with Crippen molar-refractivity contribution in [2.24, 2.45) is 5.92 Å². The normalized spacial score (nSPS) is 11.4. The summed E-state index contributed by atoms with van der Waals surface area (Å²) in [7, 11) is 3.87. The molecule has 0 saturated heterocycles. The number of nitrogens with one attached hydrogen (secondary N) is 1. The second-order valence-corrected chi connectivity index (χ2v) is 5.78. The highest BCUT2D eigenvalue weighted by atomic mass is 32.1. The van der Waals surface area contributed by atoms with Gasteiger partial charge in [0.25, 0.3) is 0 Å². The van der Waals surface area contributed by atoms with E-state index in [0.717, 1.165) is 37.8 Å². The first-order chi connectivity index (χ1) is 8.11. The molecule has 1 aromatic rings. The molecule has 98 valence electrons. The van der Waals surface area contributed by atoms with Crippen LogP contribution in [-0.2, 0) is 6.54 Å². The van der Waals surface area contributed by atoms with Gasteiger partial charge in [0.05, 0.1) is 7.11 Å². The Bertz CT molecular complexity index is 312. The summed E-state index contributed by atoms with van der Waals surface area (Å²) in [5, 5.41) is 5.51. The fourth-order valence-electron chi connectivity index (χ4n) is 1.56. The minimum absolute atomic E-state index is 0.724. The first kappa shape index (κ1) is 14.5. The van der Waals surface area contributed by atoms with Crippen LogP contribution in [0.3, 0.4) is 0 Å². The van der Waals surface area contributed by atoms with Crippen LogP contribution in [0.25, 0.3) is 0 Å².